The van der Waals surface area contributed by atoms with Crippen LogP contribution in [-0.4, -0.2) is 4.98 Å². The van der Waals surface area contributed by atoms with Crippen LogP contribution < -0.4 is 0 Å². The summed E-state index contributed by atoms with van der Waals surface area (Å²) in [6, 6.07) is 24.7. The van der Waals surface area contributed by atoms with E-state index in [2.05, 4.69) is 55.2 Å². The van der Waals surface area contributed by atoms with Gasteiger partial charge in [-0.25, -0.2) is 0 Å². The summed E-state index contributed by atoms with van der Waals surface area (Å²) in [5.41, 5.74) is 3.94. The van der Waals surface area contributed by atoms with Crippen molar-refractivity contribution in [3.05, 3.63) is 102 Å². The van der Waals surface area contributed by atoms with Gasteiger partial charge in [0.1, 0.15) is 0 Å². The molecule has 0 fully saturated rings. The number of hydrogen-bond donors (Lipinski definition) is 0. The number of aromatic nitrogens is 1. The Morgan fingerprint density at radius 2 is 1.00 bits per heavy atom. The van der Waals surface area contributed by atoms with E-state index in [4.69, 9.17) is 0 Å². The average Bonchev–Trinajstić information content (AvgIpc) is 2.80. The topological polar surface area (TPSA) is 12.9 Å². The quantitative estimate of drug-likeness (QED) is 0.410. The zero-order valence-electron chi connectivity index (χ0n) is 19.7. The number of nitrogens with zero attached hydrogens (tertiary/aromatic N) is 1. The molecule has 1 nitrogen and oxygen atoms in total. The Morgan fingerprint density at radius 1 is 0.571 bits per heavy atom. The predicted molar refractivity (Wildman–Crippen MR) is 130 cm³/mol. The maximum absolute atomic E-state index is 3.88. The van der Waals surface area contributed by atoms with E-state index in [1.54, 1.807) is 6.20 Å². The third-order valence-electron chi connectivity index (χ3n) is 3.00. The van der Waals surface area contributed by atoms with E-state index in [0.717, 1.165) is 6.42 Å². The number of hydrogen-bond acceptors (Lipinski definition) is 1. The van der Waals surface area contributed by atoms with Crippen LogP contribution in [0.15, 0.2) is 85.2 Å². The van der Waals surface area contributed by atoms with Crippen LogP contribution in [0.3, 0.4) is 0 Å². The maximum atomic E-state index is 3.88. The zero-order chi connectivity index (χ0) is 22.0. The van der Waals surface area contributed by atoms with Gasteiger partial charge in [0.15, 0.2) is 0 Å². The second-order valence-electron chi connectivity index (χ2n) is 5.02. The van der Waals surface area contributed by atoms with Gasteiger partial charge in [0.25, 0.3) is 0 Å². The molecule has 3 aromatic rings. The van der Waals surface area contributed by atoms with Gasteiger partial charge in [-0.05, 0) is 37.5 Å². The maximum Gasteiger partial charge on any atom is 0.0297 e. The molecule has 3 rings (SSSR count). The van der Waals surface area contributed by atoms with Crippen molar-refractivity contribution in [3.63, 3.8) is 0 Å². The average molecular weight is 382 g/mol. The van der Waals surface area contributed by atoms with E-state index in [9.17, 15) is 0 Å². The summed E-state index contributed by atoms with van der Waals surface area (Å²) >= 11 is 0. The zero-order valence-corrected chi connectivity index (χ0v) is 19.7. The summed E-state index contributed by atoms with van der Waals surface area (Å²) in [6.45, 7) is 18.3. The Bertz CT molecular complexity index is 551. The lowest BCUT2D eigenvalue weighted by molar-refractivity contribution is 1.14. The fourth-order valence-corrected chi connectivity index (χ4v) is 1.70. The summed E-state index contributed by atoms with van der Waals surface area (Å²) < 4.78 is 0. The molecule has 1 heterocycles. The van der Waals surface area contributed by atoms with Gasteiger partial charge in [0.2, 0.25) is 0 Å². The first-order chi connectivity index (χ1) is 13.7. The highest BCUT2D eigenvalue weighted by Gasteiger charge is 1.80. The SMILES string of the molecule is CC.CC.CC.CCc1ccccc1.Cc1ccccc1.Cc1cccnc1. The molecule has 0 N–H and O–H groups in total. The second-order valence-corrected chi connectivity index (χ2v) is 5.02. The predicted octanol–water partition coefficient (Wildman–Crippen LogP) is 8.71. The molecule has 0 saturated carbocycles. The fourth-order valence-electron chi connectivity index (χ4n) is 1.70. The molecule has 0 aliphatic heterocycles. The molecular weight excluding hydrogens is 338 g/mol. The smallest absolute Gasteiger partial charge is 0.0297 e. The van der Waals surface area contributed by atoms with Crippen molar-refractivity contribution in [2.24, 2.45) is 0 Å². The van der Waals surface area contributed by atoms with Gasteiger partial charge in [-0.1, -0.05) is 121 Å². The third-order valence-corrected chi connectivity index (χ3v) is 3.00. The largest absolute Gasteiger partial charge is 0.264 e. The highest BCUT2D eigenvalue weighted by atomic mass is 14.6. The highest BCUT2D eigenvalue weighted by molar-refractivity contribution is 5.14. The molecule has 0 spiro atoms. The van der Waals surface area contributed by atoms with E-state index >= 15 is 0 Å². The van der Waals surface area contributed by atoms with E-state index < -0.39 is 0 Å². The van der Waals surface area contributed by atoms with Gasteiger partial charge >= 0.3 is 0 Å². The summed E-state index contributed by atoms with van der Waals surface area (Å²) in [5.74, 6) is 0. The summed E-state index contributed by atoms with van der Waals surface area (Å²) in [6.07, 6.45) is 4.74. The van der Waals surface area contributed by atoms with Gasteiger partial charge in [0, 0.05) is 12.4 Å². The monoisotopic (exact) mass is 381 g/mol. The van der Waals surface area contributed by atoms with Crippen LogP contribution in [0.2, 0.25) is 0 Å². The molecule has 0 aliphatic carbocycles. The lowest BCUT2D eigenvalue weighted by Gasteiger charge is -1.89. The minimum atomic E-state index is 1.14. The van der Waals surface area contributed by atoms with E-state index in [1.807, 2.05) is 91.1 Å². The fraction of sp³-hybridized carbons (Fsp3) is 0.370. The Kier molecular flexibility index (Phi) is 29.0. The van der Waals surface area contributed by atoms with Crippen LogP contribution in [0, 0.1) is 13.8 Å². The normalized spacial score (nSPS) is 7.61. The Hall–Kier alpha value is -2.41. The molecule has 28 heavy (non-hydrogen) atoms. The van der Waals surface area contributed by atoms with E-state index in [1.165, 1.54) is 16.7 Å². The third kappa shape index (κ3) is 21.6. The van der Waals surface area contributed by atoms with Gasteiger partial charge in [-0.15, -0.1) is 0 Å². The van der Waals surface area contributed by atoms with Crippen LogP contribution in [0.25, 0.3) is 0 Å². The van der Waals surface area contributed by atoms with Crippen molar-refractivity contribution in [1.29, 1.82) is 0 Å². The van der Waals surface area contributed by atoms with E-state index in [-0.39, 0.29) is 0 Å². The Balaban J connectivity index is -0.000000296. The first-order valence-corrected chi connectivity index (χ1v) is 10.6. The van der Waals surface area contributed by atoms with Crippen molar-refractivity contribution < 1.29 is 0 Å². The van der Waals surface area contributed by atoms with E-state index in [0.29, 0.717) is 0 Å². The number of benzene rings is 2. The molecule has 0 amide bonds. The number of pyridine rings is 1. The lowest BCUT2D eigenvalue weighted by Crippen LogP contribution is -1.73. The minimum Gasteiger partial charge on any atom is -0.264 e. The van der Waals surface area contributed by atoms with Gasteiger partial charge in [-0.2, -0.15) is 0 Å². The first-order valence-electron chi connectivity index (χ1n) is 10.6. The first kappa shape index (κ1) is 30.3. The van der Waals surface area contributed by atoms with Crippen molar-refractivity contribution in [3.8, 4) is 0 Å². The second kappa shape index (κ2) is 26.8. The molecular formula is C27H43N. The highest BCUT2D eigenvalue weighted by Crippen LogP contribution is 1.96. The van der Waals surface area contributed by atoms with Crippen LogP contribution in [0.4, 0.5) is 0 Å². The molecule has 0 aliphatic rings. The molecule has 0 saturated heterocycles. The minimum absolute atomic E-state index is 1.14. The standard InChI is InChI=1S/C8H10.C7H8.C6H7N.3C2H6/c1-2-8-6-4-3-5-7-8;1-7-5-3-2-4-6-7;1-6-3-2-4-7-5-6;3*1-2/h3-7H,2H2,1H3;2-6H,1H3;2-5H,1H3;3*1-2H3. The van der Waals surface area contributed by atoms with Crippen LogP contribution >= 0.6 is 0 Å². The van der Waals surface area contributed by atoms with Gasteiger partial charge in [0.05, 0.1) is 0 Å². The molecule has 0 unspecified atom stereocenters. The molecule has 2 aromatic carbocycles. The van der Waals surface area contributed by atoms with Crippen molar-refractivity contribution in [2.75, 3.05) is 0 Å². The Labute approximate surface area is 175 Å². The van der Waals surface area contributed by atoms with Gasteiger partial charge < -0.3 is 0 Å². The summed E-state index contributed by atoms with van der Waals surface area (Å²) in [4.78, 5) is 3.88. The molecule has 1 aromatic heterocycles. The number of aryl methyl sites for hydroxylation is 3. The van der Waals surface area contributed by atoms with Crippen LogP contribution in [-0.2, 0) is 6.42 Å². The van der Waals surface area contributed by atoms with Crippen LogP contribution in [0.1, 0.15) is 65.2 Å². The molecule has 156 valence electrons. The molecule has 0 atom stereocenters. The Morgan fingerprint density at radius 3 is 1.21 bits per heavy atom. The van der Waals surface area contributed by atoms with Gasteiger partial charge in [-0.3, -0.25) is 4.98 Å². The number of rotatable bonds is 1. The molecule has 0 bridgehead atoms. The van der Waals surface area contributed by atoms with Crippen molar-refractivity contribution in [1.82, 2.24) is 4.98 Å². The summed E-state index contributed by atoms with van der Waals surface area (Å²) in [5, 5.41) is 0. The molecule has 0 radical (unpaired) electrons. The lowest BCUT2D eigenvalue weighted by atomic mass is 10.2. The van der Waals surface area contributed by atoms with Crippen molar-refractivity contribution >= 4 is 0 Å². The summed E-state index contributed by atoms with van der Waals surface area (Å²) in [7, 11) is 0. The van der Waals surface area contributed by atoms with Crippen molar-refractivity contribution in [2.45, 2.75) is 68.7 Å². The molecule has 1 heteroatoms. The van der Waals surface area contributed by atoms with Crippen LogP contribution in [0.5, 0.6) is 0 Å².